The zero-order valence-electron chi connectivity index (χ0n) is 14.6. The van der Waals surface area contributed by atoms with Crippen molar-refractivity contribution in [2.75, 3.05) is 13.7 Å². The molecule has 0 aromatic carbocycles. The van der Waals surface area contributed by atoms with Crippen LogP contribution in [-0.4, -0.2) is 59.6 Å². The number of methoxy groups -OCH3 is 1. The molecule has 12 nitrogen and oxygen atoms in total. The van der Waals surface area contributed by atoms with Crippen molar-refractivity contribution >= 4 is 18.0 Å². The van der Waals surface area contributed by atoms with E-state index >= 15 is 0 Å². The number of amides is 1. The third-order valence-electron chi connectivity index (χ3n) is 2.71. The highest BCUT2D eigenvalue weighted by atomic mass is 16.7. The Morgan fingerprint density at radius 3 is 2.48 bits per heavy atom. The van der Waals surface area contributed by atoms with Gasteiger partial charge in [0.15, 0.2) is 11.1 Å². The maximum Gasteiger partial charge on any atom is 0.407 e. The van der Waals surface area contributed by atoms with E-state index in [-0.39, 0.29) is 18.9 Å². The Balaban J connectivity index is 4.67. The van der Waals surface area contributed by atoms with E-state index in [1.807, 2.05) is 0 Å². The number of nitrogens with one attached hydrogen (secondary N) is 2. The molecule has 25 heavy (non-hydrogen) atoms. The highest BCUT2D eigenvalue weighted by molar-refractivity contribution is 5.77. The Morgan fingerprint density at radius 2 is 2.00 bits per heavy atom. The fourth-order valence-corrected chi connectivity index (χ4v) is 1.71. The van der Waals surface area contributed by atoms with Crippen molar-refractivity contribution in [2.45, 2.75) is 51.4 Å². The smallest absolute Gasteiger partial charge is 0.407 e. The van der Waals surface area contributed by atoms with Crippen molar-refractivity contribution in [2.24, 2.45) is 10.8 Å². The van der Waals surface area contributed by atoms with E-state index in [1.165, 1.54) is 0 Å². The number of carbonyl (C=O) groups is 2. The number of hydrazone groups is 1. The summed E-state index contributed by atoms with van der Waals surface area (Å²) in [6, 6.07) is -0.974. The summed E-state index contributed by atoms with van der Waals surface area (Å²) < 4.78 is 9.53. The van der Waals surface area contributed by atoms with Gasteiger partial charge in [-0.3, -0.25) is 0 Å². The van der Waals surface area contributed by atoms with E-state index in [4.69, 9.17) is 10.5 Å². The number of guanidine groups is 1. The summed E-state index contributed by atoms with van der Waals surface area (Å²) in [6.45, 7) is 5.17. The Labute approximate surface area is 144 Å². The first-order chi connectivity index (χ1) is 11.5. The summed E-state index contributed by atoms with van der Waals surface area (Å²) in [4.78, 5) is 33.4. The monoisotopic (exact) mass is 363 g/mol. The molecule has 0 fully saturated rings. The first kappa shape index (κ1) is 22.4. The molecule has 0 aromatic heterocycles. The Kier molecular flexibility index (Phi) is 9.20. The second kappa shape index (κ2) is 10.3. The van der Waals surface area contributed by atoms with Crippen LogP contribution in [0.2, 0.25) is 0 Å². The number of nitrogens with zero attached hydrogens (tertiary/aromatic N) is 2. The lowest BCUT2D eigenvalue weighted by Gasteiger charge is -2.25. The van der Waals surface area contributed by atoms with Gasteiger partial charge in [0, 0.05) is 6.54 Å². The molecule has 0 aromatic rings. The molecule has 0 saturated heterocycles. The normalized spacial score (nSPS) is 14.2. The number of ether oxygens (including phenoxy) is 2. The average Bonchev–Trinajstić information content (AvgIpc) is 2.46. The third kappa shape index (κ3) is 10.7. The largest absolute Gasteiger partial charge is 0.467 e. The number of aliphatic hydroxyl groups excluding tert-OH is 1. The number of hydrogen-bond donors (Lipinski definition) is 4. The standard InChI is InChI=1S/C13H25N5O7/c1-13(2,3)25-12(21)16-8(9(19)10(20)24-4)6-5-7-15-11(14)17-18(22)23/h8-9,19H,5-7H2,1-4H3,(H,16,21)(H3,14,15,17). The molecular weight excluding hydrogens is 338 g/mol. The molecule has 0 radical (unpaired) electrons. The minimum Gasteiger partial charge on any atom is -0.467 e. The number of nitrogens with two attached hydrogens (primary N) is 1. The molecule has 0 aliphatic carbocycles. The van der Waals surface area contributed by atoms with Crippen LogP contribution < -0.4 is 16.4 Å². The van der Waals surface area contributed by atoms with E-state index < -0.39 is 34.8 Å². The molecule has 5 N–H and O–H groups in total. The van der Waals surface area contributed by atoms with Crippen LogP contribution in [0.3, 0.4) is 0 Å². The Morgan fingerprint density at radius 1 is 1.40 bits per heavy atom. The van der Waals surface area contributed by atoms with Gasteiger partial charge in [-0.1, -0.05) is 0 Å². The number of alkyl carbamates (subject to hydrolysis) is 1. The van der Waals surface area contributed by atoms with Crippen molar-refractivity contribution in [3.63, 3.8) is 0 Å². The molecule has 0 bridgehead atoms. The molecular formula is C13H25N5O7. The number of carbonyl (C=O) groups excluding carboxylic acids is 2. The summed E-state index contributed by atoms with van der Waals surface area (Å²) >= 11 is 0. The average molecular weight is 363 g/mol. The molecule has 0 aliphatic heterocycles. The molecule has 12 heteroatoms. The predicted octanol–water partition coefficient (Wildman–Crippen LogP) is -0.710. The molecule has 144 valence electrons. The number of aliphatic hydroxyl groups is 1. The van der Waals surface area contributed by atoms with Crippen LogP contribution >= 0.6 is 0 Å². The van der Waals surface area contributed by atoms with E-state index in [2.05, 4.69) is 20.5 Å². The van der Waals surface area contributed by atoms with Gasteiger partial charge in [-0.15, -0.1) is 0 Å². The van der Waals surface area contributed by atoms with Gasteiger partial charge >= 0.3 is 12.1 Å². The minimum atomic E-state index is -1.60. The van der Waals surface area contributed by atoms with E-state index in [0.717, 1.165) is 7.11 Å². The molecule has 0 saturated carbocycles. The number of rotatable bonds is 8. The zero-order valence-corrected chi connectivity index (χ0v) is 14.6. The van der Waals surface area contributed by atoms with E-state index in [9.17, 15) is 24.8 Å². The molecule has 0 spiro atoms. The van der Waals surface area contributed by atoms with Crippen LogP contribution in [0.15, 0.2) is 5.10 Å². The second-order valence-electron chi connectivity index (χ2n) is 6.01. The van der Waals surface area contributed by atoms with Gasteiger partial charge in [0.1, 0.15) is 10.7 Å². The van der Waals surface area contributed by atoms with Gasteiger partial charge in [0.05, 0.1) is 13.2 Å². The Hall–Kier alpha value is -2.63. The predicted molar refractivity (Wildman–Crippen MR) is 87.0 cm³/mol. The molecule has 0 rings (SSSR count). The van der Waals surface area contributed by atoms with Crippen LogP contribution in [0.5, 0.6) is 0 Å². The first-order valence-corrected chi connectivity index (χ1v) is 7.44. The van der Waals surface area contributed by atoms with Crippen LogP contribution in [0.25, 0.3) is 0 Å². The van der Waals surface area contributed by atoms with Crippen molar-refractivity contribution in [1.29, 1.82) is 0 Å². The number of esters is 1. The van der Waals surface area contributed by atoms with Crippen LogP contribution in [-0.2, 0) is 14.3 Å². The van der Waals surface area contributed by atoms with Crippen molar-refractivity contribution < 1.29 is 29.2 Å². The third-order valence-corrected chi connectivity index (χ3v) is 2.71. The van der Waals surface area contributed by atoms with Gasteiger partial charge in [-0.25, -0.2) is 19.7 Å². The van der Waals surface area contributed by atoms with Crippen LogP contribution in [0.4, 0.5) is 4.79 Å². The van der Waals surface area contributed by atoms with E-state index in [1.54, 1.807) is 20.8 Å². The van der Waals surface area contributed by atoms with Crippen LogP contribution in [0, 0.1) is 10.1 Å². The topological polar surface area (TPSA) is 178 Å². The maximum absolute atomic E-state index is 11.8. The summed E-state index contributed by atoms with van der Waals surface area (Å²) in [5, 5.41) is 26.9. The van der Waals surface area contributed by atoms with Gasteiger partial charge in [-0.05, 0) is 33.6 Å². The molecule has 2 unspecified atom stereocenters. The van der Waals surface area contributed by atoms with Gasteiger partial charge in [-0.2, -0.15) is 0 Å². The molecule has 2 atom stereocenters. The highest BCUT2D eigenvalue weighted by Crippen LogP contribution is 2.09. The van der Waals surface area contributed by atoms with Crippen molar-refractivity contribution in [3.8, 4) is 0 Å². The summed E-state index contributed by atoms with van der Waals surface area (Å²) in [7, 11) is 1.10. The van der Waals surface area contributed by atoms with Crippen molar-refractivity contribution in [1.82, 2.24) is 10.6 Å². The van der Waals surface area contributed by atoms with Gasteiger partial charge < -0.3 is 30.9 Å². The number of hydrogen-bond acceptors (Lipinski definition) is 7. The fourth-order valence-electron chi connectivity index (χ4n) is 1.71. The van der Waals surface area contributed by atoms with Gasteiger partial charge in [0.2, 0.25) is 0 Å². The summed E-state index contributed by atoms with van der Waals surface area (Å²) in [6.07, 6.45) is -1.94. The molecule has 1 amide bonds. The summed E-state index contributed by atoms with van der Waals surface area (Å²) in [5.74, 6) is -1.29. The van der Waals surface area contributed by atoms with Crippen molar-refractivity contribution in [3.05, 3.63) is 10.1 Å². The lowest BCUT2D eigenvalue weighted by molar-refractivity contribution is -0.485. The van der Waals surface area contributed by atoms with E-state index in [0.29, 0.717) is 6.42 Å². The lowest BCUT2D eigenvalue weighted by atomic mass is 10.1. The lowest BCUT2D eigenvalue weighted by Crippen LogP contribution is -2.49. The molecule has 0 aliphatic rings. The zero-order chi connectivity index (χ0) is 19.6. The SMILES string of the molecule is COC(=O)C(O)C(CCCNC(N)=N[N+](=O)[O-])NC(=O)OC(C)(C)C. The van der Waals surface area contributed by atoms with Crippen LogP contribution in [0.1, 0.15) is 33.6 Å². The minimum absolute atomic E-state index is 0.147. The maximum atomic E-state index is 11.8. The Bertz CT molecular complexity index is 503. The molecule has 0 heterocycles. The highest BCUT2D eigenvalue weighted by Gasteiger charge is 2.29. The summed E-state index contributed by atoms with van der Waals surface area (Å²) in [5.41, 5.74) is 4.51. The van der Waals surface area contributed by atoms with Gasteiger partial charge in [0.25, 0.3) is 5.96 Å². The second-order valence-corrected chi connectivity index (χ2v) is 6.01. The first-order valence-electron chi connectivity index (χ1n) is 7.44. The quantitative estimate of drug-likeness (QED) is 0.108. The number of nitro groups is 1. The fraction of sp³-hybridized carbons (Fsp3) is 0.769.